The second-order valence-corrected chi connectivity index (χ2v) is 5.48. The predicted octanol–water partition coefficient (Wildman–Crippen LogP) is 2.37. The smallest absolute Gasteiger partial charge is 0.247 e. The van der Waals surface area contributed by atoms with Crippen molar-refractivity contribution < 1.29 is 18.4 Å². The lowest BCUT2D eigenvalue weighted by atomic mass is 10.2. The maximum atomic E-state index is 13.2. The van der Waals surface area contributed by atoms with Gasteiger partial charge >= 0.3 is 0 Å². The molecule has 6 nitrogen and oxygen atoms in total. The molecule has 2 heterocycles. The first kappa shape index (κ1) is 16.5. The Hall–Kier alpha value is -3.34. The monoisotopic (exact) mass is 342 g/mol. The minimum Gasteiger partial charge on any atom is -0.324 e. The van der Waals surface area contributed by atoms with Crippen LogP contribution in [0.1, 0.15) is 18.4 Å². The van der Waals surface area contributed by atoms with Gasteiger partial charge in [-0.3, -0.25) is 14.5 Å². The van der Waals surface area contributed by atoms with Gasteiger partial charge in [-0.05, 0) is 30.7 Å². The number of amides is 2. The number of benzene rings is 1. The van der Waals surface area contributed by atoms with Crippen molar-refractivity contribution in [1.82, 2.24) is 4.98 Å². The lowest BCUT2D eigenvalue weighted by Gasteiger charge is -2.23. The van der Waals surface area contributed by atoms with Gasteiger partial charge in [0.25, 0.3) is 0 Å². The number of nitrogens with zero attached hydrogens (tertiary/aromatic N) is 3. The summed E-state index contributed by atoms with van der Waals surface area (Å²) >= 11 is 0. The van der Waals surface area contributed by atoms with Crippen molar-refractivity contribution in [3.05, 3.63) is 53.7 Å². The molecule has 2 aromatic rings. The van der Waals surface area contributed by atoms with Gasteiger partial charge in [0.1, 0.15) is 23.5 Å². The van der Waals surface area contributed by atoms with E-state index in [9.17, 15) is 18.4 Å². The Kier molecular flexibility index (Phi) is 4.39. The molecule has 0 saturated carbocycles. The van der Waals surface area contributed by atoms with Crippen LogP contribution in [0.5, 0.6) is 0 Å². The zero-order valence-corrected chi connectivity index (χ0v) is 12.9. The quantitative estimate of drug-likeness (QED) is 0.928. The van der Waals surface area contributed by atoms with Crippen LogP contribution in [0.3, 0.4) is 0 Å². The van der Waals surface area contributed by atoms with Gasteiger partial charge in [-0.2, -0.15) is 5.26 Å². The van der Waals surface area contributed by atoms with Gasteiger partial charge in [-0.15, -0.1) is 0 Å². The fourth-order valence-electron chi connectivity index (χ4n) is 2.69. The van der Waals surface area contributed by atoms with E-state index < -0.39 is 23.6 Å². The third kappa shape index (κ3) is 3.45. The highest BCUT2D eigenvalue weighted by Gasteiger charge is 2.38. The van der Waals surface area contributed by atoms with E-state index in [4.69, 9.17) is 5.26 Å². The summed E-state index contributed by atoms with van der Waals surface area (Å²) in [6.07, 6.45) is 1.74. The van der Waals surface area contributed by atoms with Crippen LogP contribution in [0.2, 0.25) is 0 Å². The second kappa shape index (κ2) is 6.65. The van der Waals surface area contributed by atoms with Gasteiger partial charge in [0.15, 0.2) is 0 Å². The largest absolute Gasteiger partial charge is 0.324 e. The first-order chi connectivity index (χ1) is 12.0. The lowest BCUT2D eigenvalue weighted by molar-refractivity contribution is -0.120. The molecule has 126 valence electrons. The molecule has 2 amide bonds. The molecule has 1 N–H and O–H groups in total. The van der Waals surface area contributed by atoms with Crippen LogP contribution in [0, 0.1) is 23.0 Å². The molecule has 1 aromatic heterocycles. The second-order valence-electron chi connectivity index (χ2n) is 5.48. The number of carbonyl (C=O) groups is 2. The van der Waals surface area contributed by atoms with Crippen LogP contribution in [0.4, 0.5) is 20.3 Å². The Labute approximate surface area is 141 Å². The number of nitriles is 1. The summed E-state index contributed by atoms with van der Waals surface area (Å²) in [5.41, 5.74) is 0.261. The Morgan fingerprint density at radius 2 is 2.00 bits per heavy atom. The molecule has 0 bridgehead atoms. The van der Waals surface area contributed by atoms with Crippen molar-refractivity contribution in [2.45, 2.75) is 18.9 Å². The van der Waals surface area contributed by atoms with Crippen LogP contribution in [-0.2, 0) is 9.59 Å². The summed E-state index contributed by atoms with van der Waals surface area (Å²) in [7, 11) is 0. The summed E-state index contributed by atoms with van der Waals surface area (Å²) in [4.78, 5) is 29.9. The van der Waals surface area contributed by atoms with E-state index in [1.54, 1.807) is 0 Å². The third-order valence-electron chi connectivity index (χ3n) is 3.77. The van der Waals surface area contributed by atoms with Crippen LogP contribution in [-0.4, -0.2) is 22.8 Å². The minimum absolute atomic E-state index is 0.0412. The maximum absolute atomic E-state index is 13.2. The zero-order chi connectivity index (χ0) is 18.0. The molecule has 1 atom stereocenters. The number of halogens is 2. The summed E-state index contributed by atoms with van der Waals surface area (Å²) in [6, 6.07) is 6.61. The number of anilines is 2. The first-order valence-corrected chi connectivity index (χ1v) is 7.43. The molecular weight excluding hydrogens is 330 g/mol. The molecular formula is C17H12F2N4O2. The van der Waals surface area contributed by atoms with Crippen molar-refractivity contribution >= 4 is 23.3 Å². The minimum atomic E-state index is -0.875. The summed E-state index contributed by atoms with van der Waals surface area (Å²) in [6.45, 7) is 0. The fraction of sp³-hybridized carbons (Fsp3) is 0.176. The van der Waals surface area contributed by atoms with E-state index in [0.717, 1.165) is 12.1 Å². The molecule has 1 aliphatic rings. The molecule has 25 heavy (non-hydrogen) atoms. The standard InChI is InChI=1S/C17H12F2N4O2/c18-11-6-12(19)8-13(7-11)22-17(25)14-1-2-16(24)23(14)15-5-10(9-20)3-4-21-15/h3-8,14H,1-2H2,(H,22,25). The van der Waals surface area contributed by atoms with E-state index in [2.05, 4.69) is 10.3 Å². The SMILES string of the molecule is N#Cc1ccnc(N2C(=O)CCC2C(=O)Nc2cc(F)cc(F)c2)c1. The molecule has 1 fully saturated rings. The highest BCUT2D eigenvalue weighted by atomic mass is 19.1. The molecule has 1 saturated heterocycles. The maximum Gasteiger partial charge on any atom is 0.247 e. The van der Waals surface area contributed by atoms with Crippen molar-refractivity contribution in [3.63, 3.8) is 0 Å². The van der Waals surface area contributed by atoms with Crippen molar-refractivity contribution in [3.8, 4) is 6.07 Å². The normalized spacial score (nSPS) is 16.6. The van der Waals surface area contributed by atoms with E-state index in [1.807, 2.05) is 6.07 Å². The Morgan fingerprint density at radius 1 is 1.28 bits per heavy atom. The first-order valence-electron chi connectivity index (χ1n) is 7.43. The van der Waals surface area contributed by atoms with Crippen LogP contribution in [0.15, 0.2) is 36.5 Å². The van der Waals surface area contributed by atoms with Crippen LogP contribution in [0.25, 0.3) is 0 Å². The predicted molar refractivity (Wildman–Crippen MR) is 84.4 cm³/mol. The number of aromatic nitrogens is 1. The molecule has 0 spiro atoms. The average molecular weight is 342 g/mol. The van der Waals surface area contributed by atoms with Crippen LogP contribution < -0.4 is 10.2 Å². The van der Waals surface area contributed by atoms with E-state index in [-0.39, 0.29) is 30.3 Å². The number of nitrogens with one attached hydrogen (secondary N) is 1. The third-order valence-corrected chi connectivity index (χ3v) is 3.77. The molecule has 1 aromatic carbocycles. The lowest BCUT2D eigenvalue weighted by Crippen LogP contribution is -2.42. The summed E-state index contributed by atoms with van der Waals surface area (Å²) in [5.74, 6) is -2.35. The number of pyridine rings is 1. The molecule has 0 aliphatic carbocycles. The molecule has 1 aliphatic heterocycles. The van der Waals surface area contributed by atoms with Crippen molar-refractivity contribution in [2.75, 3.05) is 10.2 Å². The van der Waals surface area contributed by atoms with Gasteiger partial charge in [0.2, 0.25) is 11.8 Å². The Morgan fingerprint density at radius 3 is 2.68 bits per heavy atom. The summed E-state index contributed by atoms with van der Waals surface area (Å²) < 4.78 is 26.5. The number of hydrogen-bond acceptors (Lipinski definition) is 4. The topological polar surface area (TPSA) is 86.1 Å². The van der Waals surface area contributed by atoms with E-state index in [0.29, 0.717) is 11.6 Å². The van der Waals surface area contributed by atoms with Gasteiger partial charge in [-0.25, -0.2) is 13.8 Å². The molecule has 1 unspecified atom stereocenters. The molecule has 3 rings (SSSR count). The van der Waals surface area contributed by atoms with Gasteiger partial charge in [-0.1, -0.05) is 0 Å². The molecule has 0 radical (unpaired) electrons. The Balaban J connectivity index is 1.85. The van der Waals surface area contributed by atoms with Gasteiger partial charge < -0.3 is 5.32 Å². The van der Waals surface area contributed by atoms with Crippen LogP contribution >= 0.6 is 0 Å². The van der Waals surface area contributed by atoms with E-state index in [1.165, 1.54) is 23.2 Å². The van der Waals surface area contributed by atoms with E-state index >= 15 is 0 Å². The number of carbonyl (C=O) groups excluding carboxylic acids is 2. The Bertz CT molecular complexity index is 874. The van der Waals surface area contributed by atoms with Gasteiger partial charge in [0.05, 0.1) is 11.6 Å². The zero-order valence-electron chi connectivity index (χ0n) is 12.9. The highest BCUT2D eigenvalue weighted by Crippen LogP contribution is 2.26. The van der Waals surface area contributed by atoms with Gasteiger partial charge in [0, 0.05) is 24.4 Å². The average Bonchev–Trinajstić information content (AvgIpc) is 2.95. The number of rotatable bonds is 3. The molecule has 8 heteroatoms. The van der Waals surface area contributed by atoms with Crippen molar-refractivity contribution in [1.29, 1.82) is 5.26 Å². The van der Waals surface area contributed by atoms with Crippen molar-refractivity contribution in [2.24, 2.45) is 0 Å². The fourth-order valence-corrected chi connectivity index (χ4v) is 2.69. The number of hydrogen-bond donors (Lipinski definition) is 1. The summed E-state index contributed by atoms with van der Waals surface area (Å²) in [5, 5.41) is 11.4. The highest BCUT2D eigenvalue weighted by molar-refractivity contribution is 6.07.